The second-order valence-electron chi connectivity index (χ2n) is 5.16. The van der Waals surface area contributed by atoms with Gasteiger partial charge in [0.05, 0.1) is 25.1 Å². The fourth-order valence-corrected chi connectivity index (χ4v) is 2.86. The van der Waals surface area contributed by atoms with Crippen LogP contribution in [0.2, 0.25) is 0 Å². The molecule has 2 atom stereocenters. The van der Waals surface area contributed by atoms with Crippen LogP contribution in [0.5, 0.6) is 0 Å². The molecule has 0 aromatic heterocycles. The molecule has 1 saturated heterocycles. The second-order valence-corrected chi connectivity index (χ2v) is 5.16. The summed E-state index contributed by atoms with van der Waals surface area (Å²) in [4.78, 5) is 14.5. The lowest BCUT2D eigenvalue weighted by Crippen LogP contribution is -2.49. The molecule has 0 saturated carbocycles. The van der Waals surface area contributed by atoms with Crippen molar-refractivity contribution >= 4 is 5.91 Å². The Kier molecular flexibility index (Phi) is 3.68. The van der Waals surface area contributed by atoms with Crippen molar-refractivity contribution in [2.75, 3.05) is 26.2 Å². The van der Waals surface area contributed by atoms with Gasteiger partial charge in [0.2, 0.25) is 5.91 Å². The zero-order valence-corrected chi connectivity index (χ0v) is 11.2. The molecule has 2 aliphatic heterocycles. The van der Waals surface area contributed by atoms with E-state index >= 15 is 0 Å². The highest BCUT2D eigenvalue weighted by Gasteiger charge is 2.32. The van der Waals surface area contributed by atoms with Crippen LogP contribution < -0.4 is 5.32 Å². The van der Waals surface area contributed by atoms with Crippen LogP contribution in [0.1, 0.15) is 17.0 Å². The number of nitriles is 1. The molecule has 5 heteroatoms. The number of ether oxygens (including phenoxy) is 1. The van der Waals surface area contributed by atoms with E-state index in [1.165, 1.54) is 5.56 Å². The maximum absolute atomic E-state index is 12.7. The van der Waals surface area contributed by atoms with Gasteiger partial charge in [0.25, 0.3) is 0 Å². The van der Waals surface area contributed by atoms with Gasteiger partial charge in [0, 0.05) is 19.6 Å². The van der Waals surface area contributed by atoms with Gasteiger partial charge in [-0.1, -0.05) is 24.3 Å². The minimum absolute atomic E-state index is 0.0909. The van der Waals surface area contributed by atoms with Crippen LogP contribution in [0.25, 0.3) is 0 Å². The van der Waals surface area contributed by atoms with Gasteiger partial charge in [-0.05, 0) is 11.1 Å². The molecule has 0 spiro atoms. The number of hydrogen-bond donors (Lipinski definition) is 1. The van der Waals surface area contributed by atoms with Gasteiger partial charge >= 0.3 is 0 Å². The minimum atomic E-state index is -0.500. The summed E-state index contributed by atoms with van der Waals surface area (Å²) in [6, 6.07) is 10.1. The number of amides is 1. The Morgan fingerprint density at radius 3 is 3.15 bits per heavy atom. The predicted molar refractivity (Wildman–Crippen MR) is 72.8 cm³/mol. The summed E-state index contributed by atoms with van der Waals surface area (Å²) >= 11 is 0. The SMILES string of the molecule is N#CC1CN(C(=O)C2CNCc3ccccc32)CCO1. The van der Waals surface area contributed by atoms with Crippen LogP contribution in [0.3, 0.4) is 0 Å². The van der Waals surface area contributed by atoms with Crippen LogP contribution >= 0.6 is 0 Å². The summed E-state index contributed by atoms with van der Waals surface area (Å²) in [5.41, 5.74) is 2.29. The lowest BCUT2D eigenvalue weighted by Gasteiger charge is -2.34. The molecule has 1 aromatic carbocycles. The number of fused-ring (bicyclic) bond motifs is 1. The molecule has 1 amide bonds. The number of carbonyl (C=O) groups excluding carboxylic acids is 1. The molecular weight excluding hydrogens is 254 g/mol. The Hall–Kier alpha value is -1.90. The highest BCUT2D eigenvalue weighted by atomic mass is 16.5. The molecule has 2 heterocycles. The first-order valence-corrected chi connectivity index (χ1v) is 6.88. The van der Waals surface area contributed by atoms with Gasteiger partial charge in [-0.2, -0.15) is 5.26 Å². The van der Waals surface area contributed by atoms with Crippen molar-refractivity contribution in [2.24, 2.45) is 0 Å². The Balaban J connectivity index is 1.80. The van der Waals surface area contributed by atoms with Crippen LogP contribution in [-0.2, 0) is 16.1 Å². The Morgan fingerprint density at radius 1 is 1.45 bits per heavy atom. The molecule has 0 radical (unpaired) electrons. The number of carbonyl (C=O) groups is 1. The highest BCUT2D eigenvalue weighted by Crippen LogP contribution is 2.26. The third-order valence-corrected chi connectivity index (χ3v) is 3.91. The number of benzene rings is 1. The Morgan fingerprint density at radius 2 is 2.30 bits per heavy atom. The summed E-state index contributed by atoms with van der Waals surface area (Å²) in [5, 5.41) is 12.2. The minimum Gasteiger partial charge on any atom is -0.360 e. The third-order valence-electron chi connectivity index (χ3n) is 3.91. The lowest BCUT2D eigenvalue weighted by atomic mass is 9.89. The molecule has 1 fully saturated rings. The maximum Gasteiger partial charge on any atom is 0.231 e. The topological polar surface area (TPSA) is 65.4 Å². The van der Waals surface area contributed by atoms with E-state index in [1.54, 1.807) is 4.90 Å². The van der Waals surface area contributed by atoms with E-state index in [4.69, 9.17) is 10.00 Å². The largest absolute Gasteiger partial charge is 0.360 e. The number of hydrogen-bond acceptors (Lipinski definition) is 4. The molecule has 1 N–H and O–H groups in total. The molecule has 2 unspecified atom stereocenters. The van der Waals surface area contributed by atoms with Gasteiger partial charge in [-0.25, -0.2) is 0 Å². The van der Waals surface area contributed by atoms with E-state index in [1.807, 2.05) is 18.2 Å². The summed E-state index contributed by atoms with van der Waals surface area (Å²) in [6.45, 7) is 2.84. The highest BCUT2D eigenvalue weighted by molar-refractivity contribution is 5.85. The standard InChI is InChI=1S/C15H17N3O2/c16-7-12-10-18(5-6-20-12)15(19)14-9-17-8-11-3-1-2-4-13(11)14/h1-4,12,14,17H,5-6,8-10H2. The smallest absolute Gasteiger partial charge is 0.231 e. The number of morpholine rings is 1. The zero-order valence-electron chi connectivity index (χ0n) is 11.2. The van der Waals surface area contributed by atoms with Gasteiger partial charge in [-0.3, -0.25) is 4.79 Å². The molecule has 0 aliphatic carbocycles. The monoisotopic (exact) mass is 271 g/mol. The van der Waals surface area contributed by atoms with Crippen molar-refractivity contribution in [1.82, 2.24) is 10.2 Å². The van der Waals surface area contributed by atoms with Crippen molar-refractivity contribution in [3.05, 3.63) is 35.4 Å². The fraction of sp³-hybridized carbons (Fsp3) is 0.467. The predicted octanol–water partition coefficient (Wildman–Crippen LogP) is 0.624. The van der Waals surface area contributed by atoms with Gasteiger partial charge in [0.1, 0.15) is 0 Å². The van der Waals surface area contributed by atoms with Crippen molar-refractivity contribution < 1.29 is 9.53 Å². The van der Waals surface area contributed by atoms with Crippen LogP contribution in [-0.4, -0.2) is 43.2 Å². The van der Waals surface area contributed by atoms with E-state index in [-0.39, 0.29) is 11.8 Å². The first-order chi connectivity index (χ1) is 9.79. The first-order valence-electron chi connectivity index (χ1n) is 6.88. The van der Waals surface area contributed by atoms with Crippen molar-refractivity contribution in [3.63, 3.8) is 0 Å². The van der Waals surface area contributed by atoms with Gasteiger partial charge in [-0.15, -0.1) is 0 Å². The summed E-state index contributed by atoms with van der Waals surface area (Å²) in [7, 11) is 0. The first kappa shape index (κ1) is 13.1. The van der Waals surface area contributed by atoms with Crippen molar-refractivity contribution in [1.29, 1.82) is 5.26 Å². The molecule has 20 heavy (non-hydrogen) atoms. The average molecular weight is 271 g/mol. The molecule has 5 nitrogen and oxygen atoms in total. The number of rotatable bonds is 1. The molecule has 0 bridgehead atoms. The molecule has 1 aromatic rings. The summed E-state index contributed by atoms with van der Waals surface area (Å²) in [6.07, 6.45) is -0.500. The Bertz CT molecular complexity index is 552. The molecular formula is C15H17N3O2. The van der Waals surface area contributed by atoms with E-state index < -0.39 is 6.10 Å². The zero-order chi connectivity index (χ0) is 13.9. The number of nitrogens with one attached hydrogen (secondary N) is 1. The average Bonchev–Trinajstić information content (AvgIpc) is 2.53. The van der Waals surface area contributed by atoms with Crippen LogP contribution in [0.15, 0.2) is 24.3 Å². The van der Waals surface area contributed by atoms with E-state index in [0.717, 1.165) is 12.1 Å². The Labute approximate surface area is 118 Å². The van der Waals surface area contributed by atoms with Crippen molar-refractivity contribution in [2.45, 2.75) is 18.6 Å². The maximum atomic E-state index is 12.7. The molecule has 2 aliphatic rings. The van der Waals surface area contributed by atoms with Crippen LogP contribution in [0.4, 0.5) is 0 Å². The molecule has 3 rings (SSSR count). The lowest BCUT2D eigenvalue weighted by molar-refractivity contribution is -0.138. The quantitative estimate of drug-likeness (QED) is 0.813. The van der Waals surface area contributed by atoms with Crippen molar-refractivity contribution in [3.8, 4) is 6.07 Å². The van der Waals surface area contributed by atoms with Crippen LogP contribution in [0, 0.1) is 11.3 Å². The van der Waals surface area contributed by atoms with Gasteiger partial charge in [0.15, 0.2) is 6.10 Å². The van der Waals surface area contributed by atoms with E-state index in [0.29, 0.717) is 26.2 Å². The summed E-state index contributed by atoms with van der Waals surface area (Å²) in [5.74, 6) is -0.0643. The van der Waals surface area contributed by atoms with E-state index in [9.17, 15) is 4.79 Å². The second kappa shape index (κ2) is 5.61. The summed E-state index contributed by atoms with van der Waals surface area (Å²) < 4.78 is 5.29. The van der Waals surface area contributed by atoms with E-state index in [2.05, 4.69) is 17.5 Å². The third kappa shape index (κ3) is 2.40. The molecule has 104 valence electrons. The van der Waals surface area contributed by atoms with Gasteiger partial charge < -0.3 is 15.0 Å². The number of nitrogens with zero attached hydrogens (tertiary/aromatic N) is 2. The normalized spacial score (nSPS) is 25.6. The fourth-order valence-electron chi connectivity index (χ4n) is 2.86.